The SMILES string of the molecule is CC(C)Oc1cc(NC2(C)CCNCC2)ccc1[N+](=O)[O-]. The minimum absolute atomic E-state index is 0.00436. The molecule has 2 rings (SSSR count). The van der Waals surface area contributed by atoms with Gasteiger partial charge in [-0.3, -0.25) is 10.1 Å². The Labute approximate surface area is 125 Å². The molecule has 6 heteroatoms. The minimum atomic E-state index is -0.409. The fraction of sp³-hybridized carbons (Fsp3) is 0.600. The first-order chi connectivity index (χ1) is 9.89. The van der Waals surface area contributed by atoms with E-state index < -0.39 is 4.92 Å². The van der Waals surface area contributed by atoms with Crippen molar-refractivity contribution >= 4 is 11.4 Å². The highest BCUT2D eigenvalue weighted by Gasteiger charge is 2.27. The minimum Gasteiger partial charge on any atom is -0.484 e. The quantitative estimate of drug-likeness (QED) is 0.645. The number of benzene rings is 1. The molecule has 1 saturated heterocycles. The van der Waals surface area contributed by atoms with Crippen LogP contribution in [0, 0.1) is 10.1 Å². The van der Waals surface area contributed by atoms with E-state index in [9.17, 15) is 10.1 Å². The molecule has 0 amide bonds. The van der Waals surface area contributed by atoms with E-state index in [0.29, 0.717) is 5.75 Å². The standard InChI is InChI=1S/C15H23N3O3/c1-11(2)21-14-10-12(4-5-13(14)18(19)20)17-15(3)6-8-16-9-7-15/h4-5,10-11,16-17H,6-9H2,1-3H3. The Kier molecular flexibility index (Phi) is 4.67. The van der Waals surface area contributed by atoms with Crippen LogP contribution in [0.3, 0.4) is 0 Å². The van der Waals surface area contributed by atoms with Crippen LogP contribution < -0.4 is 15.4 Å². The van der Waals surface area contributed by atoms with E-state index in [4.69, 9.17) is 4.74 Å². The highest BCUT2D eigenvalue weighted by atomic mass is 16.6. The predicted molar refractivity (Wildman–Crippen MR) is 83.0 cm³/mol. The van der Waals surface area contributed by atoms with Gasteiger partial charge in [0.15, 0.2) is 5.75 Å². The molecule has 2 N–H and O–H groups in total. The van der Waals surface area contributed by atoms with Gasteiger partial charge >= 0.3 is 5.69 Å². The third-order valence-electron chi connectivity index (χ3n) is 3.67. The van der Waals surface area contributed by atoms with E-state index in [1.54, 1.807) is 12.1 Å². The molecule has 21 heavy (non-hydrogen) atoms. The summed E-state index contributed by atoms with van der Waals surface area (Å²) in [7, 11) is 0. The maximum atomic E-state index is 11.1. The van der Waals surface area contributed by atoms with E-state index in [1.165, 1.54) is 6.07 Å². The smallest absolute Gasteiger partial charge is 0.311 e. The Hall–Kier alpha value is -1.82. The first kappa shape index (κ1) is 15.6. The summed E-state index contributed by atoms with van der Waals surface area (Å²) in [6.45, 7) is 7.85. The van der Waals surface area contributed by atoms with Gasteiger partial charge in [0.25, 0.3) is 0 Å². The lowest BCUT2D eigenvalue weighted by molar-refractivity contribution is -0.386. The Bertz CT molecular complexity index is 511. The van der Waals surface area contributed by atoms with Crippen molar-refractivity contribution in [2.45, 2.75) is 45.3 Å². The number of nitrogens with zero attached hydrogens (tertiary/aromatic N) is 1. The van der Waals surface area contributed by atoms with Crippen molar-refractivity contribution in [3.05, 3.63) is 28.3 Å². The summed E-state index contributed by atoms with van der Waals surface area (Å²) in [4.78, 5) is 10.7. The van der Waals surface area contributed by atoms with Crippen molar-refractivity contribution in [1.29, 1.82) is 0 Å². The lowest BCUT2D eigenvalue weighted by atomic mass is 9.90. The highest BCUT2D eigenvalue weighted by molar-refractivity contribution is 5.59. The molecule has 0 radical (unpaired) electrons. The summed E-state index contributed by atoms with van der Waals surface area (Å²) in [6, 6.07) is 4.98. The average Bonchev–Trinajstić information content (AvgIpc) is 2.38. The molecule has 0 unspecified atom stereocenters. The number of ether oxygens (including phenoxy) is 1. The van der Waals surface area contributed by atoms with Crippen molar-refractivity contribution in [2.75, 3.05) is 18.4 Å². The molecule has 0 aromatic heterocycles. The van der Waals surface area contributed by atoms with Crippen LogP contribution in [0.2, 0.25) is 0 Å². The molecule has 6 nitrogen and oxygen atoms in total. The zero-order valence-corrected chi connectivity index (χ0v) is 12.8. The molecule has 1 aliphatic rings. The Morgan fingerprint density at radius 1 is 1.38 bits per heavy atom. The molecule has 1 fully saturated rings. The van der Waals surface area contributed by atoms with Gasteiger partial charge in [0.1, 0.15) is 0 Å². The zero-order valence-electron chi connectivity index (χ0n) is 12.8. The summed E-state index contributed by atoms with van der Waals surface area (Å²) >= 11 is 0. The maximum absolute atomic E-state index is 11.1. The molecule has 116 valence electrons. The number of anilines is 1. The number of rotatable bonds is 5. The van der Waals surface area contributed by atoms with Crippen LogP contribution in [-0.4, -0.2) is 29.7 Å². The molecule has 0 bridgehead atoms. The van der Waals surface area contributed by atoms with E-state index in [-0.39, 0.29) is 17.3 Å². The van der Waals surface area contributed by atoms with Crippen molar-refractivity contribution in [1.82, 2.24) is 5.32 Å². The second-order valence-electron chi connectivity index (χ2n) is 6.04. The highest BCUT2D eigenvalue weighted by Crippen LogP contribution is 2.33. The van der Waals surface area contributed by atoms with Gasteiger partial charge in [-0.1, -0.05) is 0 Å². The topological polar surface area (TPSA) is 76.4 Å². The Morgan fingerprint density at radius 2 is 2.05 bits per heavy atom. The predicted octanol–water partition coefficient (Wildman–Crippen LogP) is 2.94. The van der Waals surface area contributed by atoms with Crippen molar-refractivity contribution in [2.24, 2.45) is 0 Å². The molecule has 0 aliphatic carbocycles. The van der Waals surface area contributed by atoms with Gasteiger partial charge in [-0.15, -0.1) is 0 Å². The molecule has 0 atom stereocenters. The average molecular weight is 293 g/mol. The van der Waals surface area contributed by atoms with Crippen molar-refractivity contribution in [3.8, 4) is 5.75 Å². The van der Waals surface area contributed by atoms with Crippen LogP contribution in [-0.2, 0) is 0 Å². The van der Waals surface area contributed by atoms with Gasteiger partial charge in [0.2, 0.25) is 0 Å². The lowest BCUT2D eigenvalue weighted by Gasteiger charge is -2.36. The second-order valence-corrected chi connectivity index (χ2v) is 6.04. The number of nitro benzene ring substituents is 1. The summed E-state index contributed by atoms with van der Waals surface area (Å²) in [5, 5.41) is 17.9. The number of piperidine rings is 1. The Morgan fingerprint density at radius 3 is 2.62 bits per heavy atom. The van der Waals surface area contributed by atoms with E-state index in [1.807, 2.05) is 13.8 Å². The molecule has 0 saturated carbocycles. The first-order valence-electron chi connectivity index (χ1n) is 7.34. The third-order valence-corrected chi connectivity index (χ3v) is 3.67. The number of nitrogens with one attached hydrogen (secondary N) is 2. The van der Waals surface area contributed by atoms with Crippen LogP contribution in [0.5, 0.6) is 5.75 Å². The number of nitro groups is 1. The van der Waals surface area contributed by atoms with Gasteiger partial charge in [-0.2, -0.15) is 0 Å². The molecule has 1 aromatic carbocycles. The van der Waals surface area contributed by atoms with E-state index in [0.717, 1.165) is 31.6 Å². The van der Waals surface area contributed by atoms with E-state index >= 15 is 0 Å². The first-order valence-corrected chi connectivity index (χ1v) is 7.34. The molecule has 0 spiro atoms. The van der Waals surface area contributed by atoms with Gasteiger partial charge in [0, 0.05) is 23.4 Å². The zero-order chi connectivity index (χ0) is 15.5. The van der Waals surface area contributed by atoms with Gasteiger partial charge < -0.3 is 15.4 Å². The molecule has 1 aliphatic heterocycles. The maximum Gasteiger partial charge on any atom is 0.311 e. The largest absolute Gasteiger partial charge is 0.484 e. The molecular formula is C15H23N3O3. The number of hydrogen-bond donors (Lipinski definition) is 2. The van der Waals surface area contributed by atoms with Crippen molar-refractivity contribution < 1.29 is 9.66 Å². The van der Waals surface area contributed by atoms with Crippen LogP contribution in [0.1, 0.15) is 33.6 Å². The summed E-state index contributed by atoms with van der Waals surface area (Å²) in [6.07, 6.45) is 1.93. The van der Waals surface area contributed by atoms with Crippen LogP contribution in [0.25, 0.3) is 0 Å². The monoisotopic (exact) mass is 293 g/mol. The van der Waals surface area contributed by atoms with Crippen LogP contribution >= 0.6 is 0 Å². The normalized spacial score (nSPS) is 17.5. The lowest BCUT2D eigenvalue weighted by Crippen LogP contribution is -2.45. The van der Waals surface area contributed by atoms with Gasteiger partial charge in [-0.05, 0) is 52.8 Å². The summed E-state index contributed by atoms with van der Waals surface area (Å²) in [5.74, 6) is 0.317. The second kappa shape index (κ2) is 6.30. The molecular weight excluding hydrogens is 270 g/mol. The van der Waals surface area contributed by atoms with Crippen molar-refractivity contribution in [3.63, 3.8) is 0 Å². The summed E-state index contributed by atoms with van der Waals surface area (Å²) in [5.41, 5.74) is 0.876. The molecule has 1 heterocycles. The van der Waals surface area contributed by atoms with Gasteiger partial charge in [0.05, 0.1) is 11.0 Å². The van der Waals surface area contributed by atoms with Crippen LogP contribution in [0.4, 0.5) is 11.4 Å². The van der Waals surface area contributed by atoms with E-state index in [2.05, 4.69) is 17.6 Å². The van der Waals surface area contributed by atoms with Crippen LogP contribution in [0.15, 0.2) is 18.2 Å². The fourth-order valence-electron chi connectivity index (χ4n) is 2.54. The Balaban J connectivity index is 2.22. The third kappa shape index (κ3) is 4.07. The molecule has 1 aromatic rings. The fourth-order valence-corrected chi connectivity index (χ4v) is 2.54. The summed E-state index contributed by atoms with van der Waals surface area (Å²) < 4.78 is 5.58. The van der Waals surface area contributed by atoms with Gasteiger partial charge in [-0.25, -0.2) is 0 Å². The number of hydrogen-bond acceptors (Lipinski definition) is 5.